The van der Waals surface area contributed by atoms with Gasteiger partial charge in [0, 0.05) is 12.0 Å². The lowest BCUT2D eigenvalue weighted by Gasteiger charge is -2.11. The maximum absolute atomic E-state index is 11.6. The van der Waals surface area contributed by atoms with Crippen LogP contribution in [-0.2, 0) is 0 Å². The smallest absolute Gasteiger partial charge is 0.256 e. The van der Waals surface area contributed by atoms with Gasteiger partial charge in [0.1, 0.15) is 11.3 Å². The van der Waals surface area contributed by atoms with Crippen LogP contribution < -0.4 is 5.32 Å². The van der Waals surface area contributed by atoms with Gasteiger partial charge in [0.25, 0.3) is 5.91 Å². The van der Waals surface area contributed by atoms with Crippen molar-refractivity contribution in [3.63, 3.8) is 0 Å². The molecule has 1 aliphatic carbocycles. The van der Waals surface area contributed by atoms with Crippen molar-refractivity contribution in [2.24, 2.45) is 5.41 Å². The number of aryl methyl sites for hydroxylation is 1. The van der Waals surface area contributed by atoms with E-state index in [0.717, 1.165) is 12.8 Å². The normalized spacial score (nSPS) is 17.5. The number of carbonyl (C=O) groups is 1. The van der Waals surface area contributed by atoms with E-state index in [1.165, 1.54) is 6.20 Å². The molecule has 0 bridgehead atoms. The minimum Gasteiger partial charge on any atom is -0.396 e. The molecule has 5 nitrogen and oxygen atoms in total. The summed E-state index contributed by atoms with van der Waals surface area (Å²) in [6, 6.07) is 0. The van der Waals surface area contributed by atoms with E-state index in [0.29, 0.717) is 17.9 Å². The first-order valence-electron chi connectivity index (χ1n) is 4.97. The summed E-state index contributed by atoms with van der Waals surface area (Å²) < 4.78 is 4.80. The molecule has 0 saturated heterocycles. The van der Waals surface area contributed by atoms with E-state index < -0.39 is 0 Å². The van der Waals surface area contributed by atoms with Crippen LogP contribution in [-0.4, -0.2) is 29.3 Å². The summed E-state index contributed by atoms with van der Waals surface area (Å²) in [7, 11) is 0. The van der Waals surface area contributed by atoms with E-state index in [2.05, 4.69) is 10.5 Å². The highest BCUT2D eigenvalue weighted by Crippen LogP contribution is 2.44. The van der Waals surface area contributed by atoms with Gasteiger partial charge in [0.2, 0.25) is 0 Å². The van der Waals surface area contributed by atoms with Crippen LogP contribution in [0, 0.1) is 12.3 Å². The molecule has 2 N–H and O–H groups in total. The highest BCUT2D eigenvalue weighted by Gasteiger charge is 2.42. The Morgan fingerprint density at radius 2 is 2.47 bits per heavy atom. The van der Waals surface area contributed by atoms with Crippen LogP contribution >= 0.6 is 0 Å². The molecule has 1 amide bonds. The van der Waals surface area contributed by atoms with Crippen LogP contribution in [0.4, 0.5) is 0 Å². The predicted molar refractivity (Wildman–Crippen MR) is 52.3 cm³/mol. The van der Waals surface area contributed by atoms with Crippen LogP contribution in [0.3, 0.4) is 0 Å². The Balaban J connectivity index is 1.91. The lowest BCUT2D eigenvalue weighted by atomic mass is 10.1. The average Bonchev–Trinajstić information content (AvgIpc) is 2.91. The lowest BCUT2D eigenvalue weighted by Crippen LogP contribution is -2.31. The van der Waals surface area contributed by atoms with Crippen LogP contribution in [0.25, 0.3) is 0 Å². The third-order valence-corrected chi connectivity index (χ3v) is 2.91. The van der Waals surface area contributed by atoms with Gasteiger partial charge in [0.15, 0.2) is 0 Å². The van der Waals surface area contributed by atoms with Crippen LogP contribution in [0.5, 0.6) is 0 Å². The van der Waals surface area contributed by atoms with Gasteiger partial charge < -0.3 is 14.9 Å². The molecule has 0 spiro atoms. The van der Waals surface area contributed by atoms with Crippen molar-refractivity contribution < 1.29 is 14.4 Å². The summed E-state index contributed by atoms with van der Waals surface area (Å²) in [5.41, 5.74) is 0.393. The Morgan fingerprint density at radius 1 is 1.73 bits per heavy atom. The van der Waals surface area contributed by atoms with Gasteiger partial charge >= 0.3 is 0 Å². The Morgan fingerprint density at radius 3 is 2.93 bits per heavy atom. The largest absolute Gasteiger partial charge is 0.396 e. The third-order valence-electron chi connectivity index (χ3n) is 2.91. The SMILES string of the molecule is Cc1oncc1C(=O)NCC1(CO)CC1. The molecule has 5 heteroatoms. The number of aliphatic hydroxyl groups excluding tert-OH is 1. The Kier molecular flexibility index (Phi) is 2.48. The van der Waals surface area contributed by atoms with E-state index in [1.807, 2.05) is 0 Å². The molecule has 15 heavy (non-hydrogen) atoms. The molecule has 0 aromatic carbocycles. The first kappa shape index (κ1) is 10.2. The maximum Gasteiger partial charge on any atom is 0.256 e. The Labute approximate surface area is 87.5 Å². The number of carbonyl (C=O) groups excluding carboxylic acids is 1. The molecule has 1 fully saturated rings. The van der Waals surface area contributed by atoms with E-state index in [-0.39, 0.29) is 17.9 Å². The molecule has 1 saturated carbocycles. The minimum absolute atomic E-state index is 0.0687. The van der Waals surface area contributed by atoms with Gasteiger partial charge in [-0.3, -0.25) is 4.79 Å². The summed E-state index contributed by atoms with van der Waals surface area (Å²) in [5, 5.41) is 15.4. The van der Waals surface area contributed by atoms with Crippen molar-refractivity contribution in [3.8, 4) is 0 Å². The van der Waals surface area contributed by atoms with Gasteiger partial charge in [-0.2, -0.15) is 0 Å². The summed E-state index contributed by atoms with van der Waals surface area (Å²) in [5.74, 6) is 0.329. The molecule has 82 valence electrons. The molecule has 0 unspecified atom stereocenters. The predicted octanol–water partition coefficient (Wildman–Crippen LogP) is 0.485. The molecule has 0 aliphatic heterocycles. The zero-order valence-corrected chi connectivity index (χ0v) is 8.62. The van der Waals surface area contributed by atoms with E-state index >= 15 is 0 Å². The number of hydrogen-bond donors (Lipinski definition) is 2. The first-order chi connectivity index (χ1) is 7.17. The standard InChI is InChI=1S/C10H14N2O3/c1-7-8(4-12-15-7)9(14)11-5-10(6-13)2-3-10/h4,13H,2-3,5-6H2,1H3,(H,11,14). The fourth-order valence-corrected chi connectivity index (χ4v) is 1.45. The van der Waals surface area contributed by atoms with E-state index in [1.54, 1.807) is 6.92 Å². The van der Waals surface area contributed by atoms with Crippen molar-refractivity contribution in [1.29, 1.82) is 0 Å². The fraction of sp³-hybridized carbons (Fsp3) is 0.600. The van der Waals surface area contributed by atoms with Crippen molar-refractivity contribution in [2.45, 2.75) is 19.8 Å². The molecule has 1 aromatic heterocycles. The Hall–Kier alpha value is -1.36. The number of nitrogens with one attached hydrogen (secondary N) is 1. The van der Waals surface area contributed by atoms with Gasteiger partial charge in [-0.05, 0) is 19.8 Å². The molecule has 1 aliphatic rings. The average molecular weight is 210 g/mol. The summed E-state index contributed by atoms with van der Waals surface area (Å²) in [6.45, 7) is 2.35. The van der Waals surface area contributed by atoms with Gasteiger partial charge in [-0.1, -0.05) is 5.16 Å². The fourth-order valence-electron chi connectivity index (χ4n) is 1.45. The molecular weight excluding hydrogens is 196 g/mol. The number of aromatic nitrogens is 1. The number of amides is 1. The zero-order valence-electron chi connectivity index (χ0n) is 8.62. The minimum atomic E-state index is -0.187. The van der Waals surface area contributed by atoms with Crippen molar-refractivity contribution >= 4 is 5.91 Å². The zero-order chi connectivity index (χ0) is 10.9. The highest BCUT2D eigenvalue weighted by molar-refractivity contribution is 5.94. The van der Waals surface area contributed by atoms with Gasteiger partial charge in [-0.15, -0.1) is 0 Å². The summed E-state index contributed by atoms with van der Waals surface area (Å²) in [4.78, 5) is 11.6. The van der Waals surface area contributed by atoms with Crippen molar-refractivity contribution in [1.82, 2.24) is 10.5 Å². The monoisotopic (exact) mass is 210 g/mol. The molecular formula is C10H14N2O3. The van der Waals surface area contributed by atoms with Gasteiger partial charge in [0.05, 0.1) is 12.8 Å². The number of aliphatic hydroxyl groups is 1. The molecule has 2 rings (SSSR count). The second kappa shape index (κ2) is 3.66. The van der Waals surface area contributed by atoms with Crippen molar-refractivity contribution in [2.75, 3.05) is 13.2 Å². The van der Waals surface area contributed by atoms with Crippen LogP contribution in [0.2, 0.25) is 0 Å². The molecule has 0 radical (unpaired) electrons. The second-order valence-electron chi connectivity index (χ2n) is 4.14. The lowest BCUT2D eigenvalue weighted by molar-refractivity contribution is 0.0933. The second-order valence-corrected chi connectivity index (χ2v) is 4.14. The summed E-state index contributed by atoms with van der Waals surface area (Å²) in [6.07, 6.45) is 3.36. The summed E-state index contributed by atoms with van der Waals surface area (Å²) >= 11 is 0. The number of rotatable bonds is 4. The highest BCUT2D eigenvalue weighted by atomic mass is 16.5. The quantitative estimate of drug-likeness (QED) is 0.758. The van der Waals surface area contributed by atoms with Crippen LogP contribution in [0.1, 0.15) is 29.0 Å². The molecule has 1 aromatic rings. The maximum atomic E-state index is 11.6. The van der Waals surface area contributed by atoms with Crippen LogP contribution in [0.15, 0.2) is 10.7 Å². The Bertz CT molecular complexity index is 368. The molecule has 0 atom stereocenters. The number of hydrogen-bond acceptors (Lipinski definition) is 4. The number of nitrogens with zero attached hydrogens (tertiary/aromatic N) is 1. The third kappa shape index (κ3) is 2.02. The van der Waals surface area contributed by atoms with Gasteiger partial charge in [-0.25, -0.2) is 0 Å². The first-order valence-corrected chi connectivity index (χ1v) is 4.97. The van der Waals surface area contributed by atoms with E-state index in [4.69, 9.17) is 9.63 Å². The molecule has 1 heterocycles. The van der Waals surface area contributed by atoms with Crippen molar-refractivity contribution in [3.05, 3.63) is 17.5 Å². The topological polar surface area (TPSA) is 75.4 Å². The van der Waals surface area contributed by atoms with E-state index in [9.17, 15) is 4.79 Å².